The van der Waals surface area contributed by atoms with Gasteiger partial charge >= 0.3 is 6.18 Å². The molecular formula is C13H16F4N2O2S. The van der Waals surface area contributed by atoms with Gasteiger partial charge in [-0.05, 0) is 29.7 Å². The lowest BCUT2D eigenvalue weighted by atomic mass is 9.96. The molecule has 0 aromatic heterocycles. The SMILES string of the molecule is O=S(=O)(NCCC(F)(F)F)c1ccc2c(c1)CN[C@H](CF)C2. The van der Waals surface area contributed by atoms with Crippen molar-refractivity contribution in [2.45, 2.75) is 36.5 Å². The highest BCUT2D eigenvalue weighted by Crippen LogP contribution is 2.22. The van der Waals surface area contributed by atoms with Crippen molar-refractivity contribution in [2.75, 3.05) is 13.2 Å². The maximum absolute atomic E-state index is 12.6. The quantitative estimate of drug-likeness (QED) is 0.805. The summed E-state index contributed by atoms with van der Waals surface area (Å²) in [5, 5.41) is 2.93. The van der Waals surface area contributed by atoms with Gasteiger partial charge in [-0.3, -0.25) is 0 Å². The number of halogens is 4. The normalized spacial score (nSPS) is 19.0. The molecule has 2 N–H and O–H groups in total. The molecule has 4 nitrogen and oxygen atoms in total. The molecule has 1 heterocycles. The molecule has 9 heteroatoms. The smallest absolute Gasteiger partial charge is 0.307 e. The van der Waals surface area contributed by atoms with Crippen LogP contribution >= 0.6 is 0 Å². The van der Waals surface area contributed by atoms with E-state index in [4.69, 9.17) is 0 Å². The van der Waals surface area contributed by atoms with Crippen LogP contribution in [-0.4, -0.2) is 33.9 Å². The number of alkyl halides is 4. The topological polar surface area (TPSA) is 58.2 Å². The zero-order valence-corrected chi connectivity index (χ0v) is 12.4. The van der Waals surface area contributed by atoms with E-state index in [-0.39, 0.29) is 10.9 Å². The molecule has 1 aromatic carbocycles. The molecule has 1 aromatic rings. The third kappa shape index (κ3) is 4.40. The lowest BCUT2D eigenvalue weighted by molar-refractivity contribution is -0.132. The second-order valence-corrected chi connectivity index (χ2v) is 6.90. The summed E-state index contributed by atoms with van der Waals surface area (Å²) in [6, 6.07) is 4.03. The molecule has 22 heavy (non-hydrogen) atoms. The van der Waals surface area contributed by atoms with Crippen LogP contribution < -0.4 is 10.0 Å². The van der Waals surface area contributed by atoms with Crippen LogP contribution in [0.4, 0.5) is 17.6 Å². The Labute approximate surface area is 126 Å². The average molecular weight is 340 g/mol. The summed E-state index contributed by atoms with van der Waals surface area (Å²) < 4.78 is 74.6. The van der Waals surface area contributed by atoms with Crippen molar-refractivity contribution in [3.63, 3.8) is 0 Å². The van der Waals surface area contributed by atoms with E-state index in [0.29, 0.717) is 18.5 Å². The lowest BCUT2D eigenvalue weighted by Crippen LogP contribution is -2.37. The van der Waals surface area contributed by atoms with Gasteiger partial charge in [0.15, 0.2) is 0 Å². The van der Waals surface area contributed by atoms with Crippen molar-refractivity contribution in [3.8, 4) is 0 Å². The zero-order chi connectivity index (χ0) is 16.4. The number of sulfonamides is 1. The highest BCUT2D eigenvalue weighted by molar-refractivity contribution is 7.89. The Morgan fingerprint density at radius 2 is 2.00 bits per heavy atom. The summed E-state index contributed by atoms with van der Waals surface area (Å²) in [5.41, 5.74) is 1.55. The van der Waals surface area contributed by atoms with Crippen LogP contribution in [0.15, 0.2) is 23.1 Å². The summed E-state index contributed by atoms with van der Waals surface area (Å²) in [5.74, 6) is 0. The van der Waals surface area contributed by atoms with Gasteiger partial charge in [0.05, 0.1) is 11.3 Å². The van der Waals surface area contributed by atoms with Gasteiger partial charge in [0.2, 0.25) is 10.0 Å². The highest BCUT2D eigenvalue weighted by Gasteiger charge is 2.28. The summed E-state index contributed by atoms with van der Waals surface area (Å²) in [6.45, 7) is -0.889. The molecule has 0 unspecified atom stereocenters. The predicted molar refractivity (Wildman–Crippen MR) is 72.6 cm³/mol. The molecule has 0 amide bonds. The van der Waals surface area contributed by atoms with Gasteiger partial charge < -0.3 is 5.32 Å². The van der Waals surface area contributed by atoms with Crippen molar-refractivity contribution >= 4 is 10.0 Å². The fourth-order valence-corrected chi connectivity index (χ4v) is 3.33. The van der Waals surface area contributed by atoms with Crippen LogP contribution in [0.1, 0.15) is 17.5 Å². The van der Waals surface area contributed by atoms with Gasteiger partial charge in [0.25, 0.3) is 0 Å². The number of benzene rings is 1. The van der Waals surface area contributed by atoms with E-state index >= 15 is 0 Å². The van der Waals surface area contributed by atoms with Gasteiger partial charge in [-0.2, -0.15) is 13.2 Å². The first kappa shape index (κ1) is 17.2. The van der Waals surface area contributed by atoms with Gasteiger partial charge in [-0.15, -0.1) is 0 Å². The summed E-state index contributed by atoms with van der Waals surface area (Å²) in [6.07, 6.45) is -5.19. The summed E-state index contributed by atoms with van der Waals surface area (Å²) >= 11 is 0. The van der Waals surface area contributed by atoms with Crippen molar-refractivity contribution < 1.29 is 26.0 Å². The van der Waals surface area contributed by atoms with Crippen LogP contribution in [0.2, 0.25) is 0 Å². The van der Waals surface area contributed by atoms with E-state index in [2.05, 4.69) is 5.32 Å². The van der Waals surface area contributed by atoms with E-state index in [1.54, 1.807) is 6.07 Å². The lowest BCUT2D eigenvalue weighted by Gasteiger charge is -2.24. The molecule has 124 valence electrons. The van der Waals surface area contributed by atoms with E-state index in [9.17, 15) is 26.0 Å². The number of hydrogen-bond acceptors (Lipinski definition) is 3. The molecule has 0 radical (unpaired) electrons. The van der Waals surface area contributed by atoms with Crippen LogP contribution in [0, 0.1) is 0 Å². The van der Waals surface area contributed by atoms with Gasteiger partial charge in [0.1, 0.15) is 6.67 Å². The molecule has 0 bridgehead atoms. The minimum absolute atomic E-state index is 0.0890. The van der Waals surface area contributed by atoms with Crippen molar-refractivity contribution in [1.29, 1.82) is 0 Å². The minimum atomic E-state index is -4.41. The summed E-state index contributed by atoms with van der Waals surface area (Å²) in [7, 11) is -3.99. The molecule has 1 aliphatic heterocycles. The Bertz CT molecular complexity index is 631. The van der Waals surface area contributed by atoms with Crippen molar-refractivity contribution in [2.24, 2.45) is 0 Å². The van der Waals surface area contributed by atoms with Crippen LogP contribution in [0.25, 0.3) is 0 Å². The zero-order valence-electron chi connectivity index (χ0n) is 11.6. The second kappa shape index (κ2) is 6.51. The molecule has 1 atom stereocenters. The molecular weight excluding hydrogens is 324 g/mol. The highest BCUT2D eigenvalue weighted by atomic mass is 32.2. The van der Waals surface area contributed by atoms with Crippen LogP contribution in [-0.2, 0) is 23.0 Å². The summed E-state index contributed by atoms with van der Waals surface area (Å²) in [4.78, 5) is -0.0890. The average Bonchev–Trinajstić information content (AvgIpc) is 2.44. The number of hydrogen-bond donors (Lipinski definition) is 2. The largest absolute Gasteiger partial charge is 0.390 e. The Balaban J connectivity index is 2.09. The van der Waals surface area contributed by atoms with Gasteiger partial charge in [-0.25, -0.2) is 17.5 Å². The number of rotatable bonds is 5. The third-order valence-electron chi connectivity index (χ3n) is 3.42. The van der Waals surface area contributed by atoms with Gasteiger partial charge in [0, 0.05) is 19.1 Å². The van der Waals surface area contributed by atoms with Crippen molar-refractivity contribution in [3.05, 3.63) is 29.3 Å². The third-order valence-corrected chi connectivity index (χ3v) is 4.88. The van der Waals surface area contributed by atoms with E-state index in [1.807, 2.05) is 4.72 Å². The van der Waals surface area contributed by atoms with Gasteiger partial charge in [-0.1, -0.05) is 6.07 Å². The monoisotopic (exact) mass is 340 g/mol. The molecule has 0 spiro atoms. The Morgan fingerprint density at radius 3 is 2.64 bits per heavy atom. The fourth-order valence-electron chi connectivity index (χ4n) is 2.24. The van der Waals surface area contributed by atoms with E-state index < -0.39 is 35.8 Å². The Morgan fingerprint density at radius 1 is 1.27 bits per heavy atom. The van der Waals surface area contributed by atoms with Crippen molar-refractivity contribution in [1.82, 2.24) is 10.0 Å². The molecule has 0 aliphatic carbocycles. The predicted octanol–water partition coefficient (Wildman–Crippen LogP) is 1.90. The molecule has 0 fully saturated rings. The van der Waals surface area contributed by atoms with Crippen LogP contribution in [0.3, 0.4) is 0 Å². The maximum atomic E-state index is 12.6. The fraction of sp³-hybridized carbons (Fsp3) is 0.538. The molecule has 0 saturated heterocycles. The molecule has 1 aliphatic rings. The van der Waals surface area contributed by atoms with E-state index in [0.717, 1.165) is 5.56 Å². The first-order valence-corrected chi connectivity index (χ1v) is 8.17. The standard InChI is InChI=1S/C13H16F4N2O2S/c14-7-11-5-9-1-2-12(6-10(9)8-18-11)22(20,21)19-4-3-13(15,16)17/h1-2,6,11,18-19H,3-5,7-8H2/t11-/m0/s1. The first-order valence-electron chi connectivity index (χ1n) is 6.69. The second-order valence-electron chi connectivity index (χ2n) is 5.13. The maximum Gasteiger partial charge on any atom is 0.390 e. The minimum Gasteiger partial charge on any atom is -0.307 e. The number of fused-ring (bicyclic) bond motifs is 1. The van der Waals surface area contributed by atoms with Crippen LogP contribution in [0.5, 0.6) is 0 Å². The molecule has 0 saturated carbocycles. The molecule has 2 rings (SSSR count). The number of nitrogens with one attached hydrogen (secondary N) is 2. The first-order chi connectivity index (χ1) is 10.2. The Kier molecular flexibility index (Phi) is 5.08. The van der Waals surface area contributed by atoms with E-state index in [1.165, 1.54) is 12.1 Å². The Hall–Kier alpha value is -1.19.